The lowest BCUT2D eigenvalue weighted by atomic mass is 10.0. The topological polar surface area (TPSA) is 96.0 Å². The summed E-state index contributed by atoms with van der Waals surface area (Å²) in [5.74, 6) is -1.39. The minimum Gasteiger partial charge on any atom is -0.491 e. The van der Waals surface area contributed by atoms with E-state index in [1.54, 1.807) is 12.1 Å². The number of fused-ring (bicyclic) bond motifs is 1. The summed E-state index contributed by atoms with van der Waals surface area (Å²) in [5.41, 5.74) is 1.23. The van der Waals surface area contributed by atoms with Crippen molar-refractivity contribution < 1.29 is 23.9 Å². The molecule has 4 rings (SSSR count). The molecule has 27 heavy (non-hydrogen) atoms. The fourth-order valence-electron chi connectivity index (χ4n) is 3.70. The van der Waals surface area contributed by atoms with Crippen LogP contribution in [0.3, 0.4) is 0 Å². The molecule has 8 heteroatoms. The summed E-state index contributed by atoms with van der Waals surface area (Å²) in [6, 6.07) is 2.36. The van der Waals surface area contributed by atoms with Crippen LogP contribution in [0.4, 0.5) is 5.69 Å². The normalized spacial score (nSPS) is 21.9. The van der Waals surface area contributed by atoms with Crippen molar-refractivity contribution in [1.29, 1.82) is 0 Å². The Kier molecular flexibility index (Phi) is 4.33. The van der Waals surface area contributed by atoms with Crippen molar-refractivity contribution in [2.45, 2.75) is 38.6 Å². The number of nitrogens with one attached hydrogen (secondary N) is 1. The molecule has 1 unspecified atom stereocenters. The van der Waals surface area contributed by atoms with Gasteiger partial charge in [-0.15, -0.1) is 0 Å². The molecule has 3 heterocycles. The minimum atomic E-state index is -0.959. The molecule has 142 valence electrons. The van der Waals surface area contributed by atoms with Gasteiger partial charge in [-0.2, -0.15) is 0 Å². The van der Waals surface area contributed by atoms with Crippen LogP contribution in [-0.4, -0.2) is 54.3 Å². The highest BCUT2D eigenvalue weighted by molar-refractivity contribution is 6.26. The molecule has 3 aliphatic rings. The molecule has 0 bridgehead atoms. The second-order valence-electron chi connectivity index (χ2n) is 6.97. The number of hydrogen-bond acceptors (Lipinski definition) is 6. The molecule has 0 aromatic heterocycles. The Labute approximate surface area is 156 Å². The first-order chi connectivity index (χ1) is 13.0. The van der Waals surface area contributed by atoms with Crippen LogP contribution >= 0.6 is 0 Å². The lowest BCUT2D eigenvalue weighted by Gasteiger charge is -2.35. The molecule has 2 saturated heterocycles. The van der Waals surface area contributed by atoms with E-state index in [-0.39, 0.29) is 24.3 Å². The molecule has 3 aliphatic heterocycles. The molecular formula is C19H21N3O5. The smallest absolute Gasteiger partial charge is 0.264 e. The summed E-state index contributed by atoms with van der Waals surface area (Å²) in [7, 11) is 0. The maximum Gasteiger partial charge on any atom is 0.264 e. The summed E-state index contributed by atoms with van der Waals surface area (Å²) in [4.78, 5) is 52.8. The Balaban J connectivity index is 1.74. The molecule has 0 saturated carbocycles. The van der Waals surface area contributed by atoms with E-state index in [2.05, 4.69) is 5.32 Å². The van der Waals surface area contributed by atoms with Gasteiger partial charge in [0, 0.05) is 19.5 Å². The second-order valence-corrected chi connectivity index (χ2v) is 6.97. The number of nitrogens with zero attached hydrogens (tertiary/aromatic N) is 2. The van der Waals surface area contributed by atoms with Crippen LogP contribution in [0.25, 0.3) is 0 Å². The van der Waals surface area contributed by atoms with Gasteiger partial charge in [0.25, 0.3) is 11.8 Å². The third kappa shape index (κ3) is 2.75. The van der Waals surface area contributed by atoms with Crippen LogP contribution in [-0.2, 0) is 9.59 Å². The first-order valence-corrected chi connectivity index (χ1v) is 9.29. The lowest BCUT2D eigenvalue weighted by molar-refractivity contribution is -0.136. The van der Waals surface area contributed by atoms with Crippen molar-refractivity contribution in [1.82, 2.24) is 10.2 Å². The largest absolute Gasteiger partial charge is 0.491 e. The summed E-state index contributed by atoms with van der Waals surface area (Å²) in [5, 5.41) is 2.21. The SMILES string of the molecule is CCCOc1ccc2c(c1N1CCC1)C(=O)N(C1CCC(=O)NC1=O)C2=O. The molecule has 1 aromatic carbocycles. The Morgan fingerprint density at radius 1 is 1.15 bits per heavy atom. The maximum atomic E-state index is 13.2. The number of carbonyl (C=O) groups is 4. The lowest BCUT2D eigenvalue weighted by Crippen LogP contribution is -2.54. The summed E-state index contributed by atoms with van der Waals surface area (Å²) >= 11 is 0. The molecular weight excluding hydrogens is 350 g/mol. The zero-order chi connectivity index (χ0) is 19.1. The highest BCUT2D eigenvalue weighted by Gasteiger charge is 2.47. The predicted molar refractivity (Wildman–Crippen MR) is 95.7 cm³/mol. The molecule has 2 fully saturated rings. The van der Waals surface area contributed by atoms with Crippen LogP contribution in [0.2, 0.25) is 0 Å². The van der Waals surface area contributed by atoms with Gasteiger partial charge in [-0.3, -0.25) is 29.4 Å². The number of benzene rings is 1. The number of amides is 4. The molecule has 1 N–H and O–H groups in total. The first-order valence-electron chi connectivity index (χ1n) is 9.29. The third-order valence-electron chi connectivity index (χ3n) is 5.18. The number of carbonyl (C=O) groups excluding carboxylic acids is 4. The molecule has 1 aromatic rings. The standard InChI is InChI=1S/C19H21N3O5/c1-2-10-27-13-6-4-11-15(16(13)21-8-3-9-21)19(26)22(18(11)25)12-5-7-14(23)20-17(12)24/h4,6,12H,2-3,5,7-10H2,1H3,(H,20,23,24). The van der Waals surface area contributed by atoms with Gasteiger partial charge in [0.15, 0.2) is 0 Å². The maximum absolute atomic E-state index is 13.2. The van der Waals surface area contributed by atoms with Crippen molar-refractivity contribution in [3.8, 4) is 5.75 Å². The van der Waals surface area contributed by atoms with Gasteiger partial charge in [-0.1, -0.05) is 6.92 Å². The first kappa shape index (κ1) is 17.5. The highest BCUT2D eigenvalue weighted by Crippen LogP contribution is 2.42. The van der Waals surface area contributed by atoms with E-state index in [1.807, 2.05) is 11.8 Å². The molecule has 0 aliphatic carbocycles. The van der Waals surface area contributed by atoms with Crippen molar-refractivity contribution in [2.75, 3.05) is 24.6 Å². The quantitative estimate of drug-likeness (QED) is 0.779. The minimum absolute atomic E-state index is 0.105. The van der Waals surface area contributed by atoms with E-state index >= 15 is 0 Å². The number of anilines is 1. The van der Waals surface area contributed by atoms with Crippen LogP contribution in [0.5, 0.6) is 5.75 Å². The van der Waals surface area contributed by atoms with Crippen LogP contribution in [0, 0.1) is 0 Å². The molecule has 1 atom stereocenters. The van der Waals surface area contributed by atoms with Gasteiger partial charge in [-0.05, 0) is 31.4 Å². The Morgan fingerprint density at radius 2 is 1.93 bits per heavy atom. The Morgan fingerprint density at radius 3 is 2.56 bits per heavy atom. The van der Waals surface area contributed by atoms with Crippen LogP contribution in [0.1, 0.15) is 53.3 Å². The van der Waals surface area contributed by atoms with Crippen molar-refractivity contribution in [2.24, 2.45) is 0 Å². The number of piperidine rings is 1. The Bertz CT molecular complexity index is 846. The monoisotopic (exact) mass is 371 g/mol. The highest BCUT2D eigenvalue weighted by atomic mass is 16.5. The van der Waals surface area contributed by atoms with Gasteiger partial charge < -0.3 is 9.64 Å². The fourth-order valence-corrected chi connectivity index (χ4v) is 3.70. The predicted octanol–water partition coefficient (Wildman–Crippen LogP) is 1.09. The zero-order valence-corrected chi connectivity index (χ0v) is 15.1. The summed E-state index contributed by atoms with van der Waals surface area (Å²) in [6.07, 6.45) is 2.09. The number of hydrogen-bond donors (Lipinski definition) is 1. The third-order valence-corrected chi connectivity index (χ3v) is 5.18. The van der Waals surface area contributed by atoms with Crippen molar-refractivity contribution >= 4 is 29.3 Å². The van der Waals surface area contributed by atoms with E-state index in [4.69, 9.17) is 4.74 Å². The van der Waals surface area contributed by atoms with Crippen LogP contribution < -0.4 is 15.0 Å². The Hall–Kier alpha value is -2.90. The molecule has 0 spiro atoms. The van der Waals surface area contributed by atoms with E-state index in [1.165, 1.54) is 0 Å². The van der Waals surface area contributed by atoms with Gasteiger partial charge in [0.2, 0.25) is 11.8 Å². The number of ether oxygens (including phenoxy) is 1. The van der Waals surface area contributed by atoms with Gasteiger partial charge in [0.05, 0.1) is 23.4 Å². The van der Waals surface area contributed by atoms with E-state index < -0.39 is 23.8 Å². The molecule has 4 amide bonds. The average molecular weight is 371 g/mol. The number of imide groups is 2. The van der Waals surface area contributed by atoms with Gasteiger partial charge in [0.1, 0.15) is 11.8 Å². The van der Waals surface area contributed by atoms with Gasteiger partial charge in [-0.25, -0.2) is 0 Å². The van der Waals surface area contributed by atoms with Crippen molar-refractivity contribution in [3.63, 3.8) is 0 Å². The molecule has 0 radical (unpaired) electrons. The fraction of sp³-hybridized carbons (Fsp3) is 0.474. The van der Waals surface area contributed by atoms with Crippen LogP contribution in [0.15, 0.2) is 12.1 Å². The van der Waals surface area contributed by atoms with E-state index in [0.29, 0.717) is 23.6 Å². The summed E-state index contributed by atoms with van der Waals surface area (Å²) < 4.78 is 5.82. The summed E-state index contributed by atoms with van der Waals surface area (Å²) in [6.45, 7) is 4.09. The second kappa shape index (κ2) is 6.68. The molecule has 8 nitrogen and oxygen atoms in total. The van der Waals surface area contributed by atoms with Crippen molar-refractivity contribution in [3.05, 3.63) is 23.3 Å². The number of rotatable bonds is 5. The van der Waals surface area contributed by atoms with E-state index in [0.717, 1.165) is 30.8 Å². The van der Waals surface area contributed by atoms with E-state index in [9.17, 15) is 19.2 Å². The average Bonchev–Trinajstić information content (AvgIpc) is 2.84. The van der Waals surface area contributed by atoms with Gasteiger partial charge >= 0.3 is 0 Å². The zero-order valence-electron chi connectivity index (χ0n) is 15.1.